The van der Waals surface area contributed by atoms with Crippen LogP contribution in [0.2, 0.25) is 5.02 Å². The predicted octanol–water partition coefficient (Wildman–Crippen LogP) is 3.50. The second-order valence-electron chi connectivity index (χ2n) is 3.35. The largest absolute Gasteiger partial charge is 0.459 e. The molecule has 1 heterocycles. The average Bonchev–Trinajstić information content (AvgIpc) is 2.59. The van der Waals surface area contributed by atoms with Gasteiger partial charge in [-0.2, -0.15) is 0 Å². The Labute approximate surface area is 87.6 Å². The molecular weight excluding hydrogens is 198 g/mol. The summed E-state index contributed by atoms with van der Waals surface area (Å²) in [6, 6.07) is 7.49. The van der Waals surface area contributed by atoms with E-state index < -0.39 is 0 Å². The van der Waals surface area contributed by atoms with Crippen molar-refractivity contribution in [2.75, 3.05) is 0 Å². The normalized spacial score (nSPS) is 13.4. The van der Waals surface area contributed by atoms with E-state index in [1.165, 1.54) is 0 Å². The summed E-state index contributed by atoms with van der Waals surface area (Å²) >= 11 is 5.87. The molecule has 0 radical (unpaired) electrons. The van der Waals surface area contributed by atoms with Gasteiger partial charge in [0.05, 0.1) is 6.04 Å². The maximum Gasteiger partial charge on any atom is 0.134 e. The van der Waals surface area contributed by atoms with Gasteiger partial charge in [-0.1, -0.05) is 18.5 Å². The number of hydrogen-bond donors (Lipinski definition) is 1. The number of hydrogen-bond acceptors (Lipinski definition) is 2. The molecule has 1 aromatic carbocycles. The number of furan rings is 1. The molecule has 0 bridgehead atoms. The van der Waals surface area contributed by atoms with Crippen LogP contribution in [0.25, 0.3) is 11.0 Å². The molecule has 0 saturated carbocycles. The van der Waals surface area contributed by atoms with E-state index in [1.807, 2.05) is 31.2 Å². The van der Waals surface area contributed by atoms with E-state index in [-0.39, 0.29) is 6.04 Å². The highest BCUT2D eigenvalue weighted by Crippen LogP contribution is 2.26. The first-order valence-corrected chi connectivity index (χ1v) is 5.03. The Hall–Kier alpha value is -0.990. The Kier molecular flexibility index (Phi) is 2.48. The predicted molar refractivity (Wildman–Crippen MR) is 58.4 cm³/mol. The smallest absolute Gasteiger partial charge is 0.134 e. The van der Waals surface area contributed by atoms with Gasteiger partial charge in [-0.3, -0.25) is 0 Å². The van der Waals surface area contributed by atoms with Crippen LogP contribution in [-0.2, 0) is 0 Å². The molecule has 2 aromatic rings. The molecule has 0 fully saturated rings. The van der Waals surface area contributed by atoms with Gasteiger partial charge < -0.3 is 10.2 Å². The van der Waals surface area contributed by atoms with Crippen molar-refractivity contribution in [1.29, 1.82) is 0 Å². The van der Waals surface area contributed by atoms with E-state index in [1.54, 1.807) is 0 Å². The minimum absolute atomic E-state index is 0.0267. The van der Waals surface area contributed by atoms with Crippen molar-refractivity contribution in [2.24, 2.45) is 5.73 Å². The fourth-order valence-corrected chi connectivity index (χ4v) is 1.60. The second kappa shape index (κ2) is 3.64. The van der Waals surface area contributed by atoms with Gasteiger partial charge in [-0.25, -0.2) is 0 Å². The van der Waals surface area contributed by atoms with Gasteiger partial charge in [-0.15, -0.1) is 0 Å². The lowest BCUT2D eigenvalue weighted by atomic mass is 10.2. The molecule has 2 rings (SSSR count). The summed E-state index contributed by atoms with van der Waals surface area (Å²) in [7, 11) is 0. The molecule has 0 amide bonds. The van der Waals surface area contributed by atoms with Crippen molar-refractivity contribution in [2.45, 2.75) is 19.4 Å². The van der Waals surface area contributed by atoms with Crippen molar-refractivity contribution in [3.05, 3.63) is 35.0 Å². The van der Waals surface area contributed by atoms with Crippen LogP contribution in [0.4, 0.5) is 0 Å². The maximum absolute atomic E-state index is 5.87. The van der Waals surface area contributed by atoms with E-state index in [9.17, 15) is 0 Å². The fraction of sp³-hybridized carbons (Fsp3) is 0.273. The minimum Gasteiger partial charge on any atom is -0.459 e. The third-order valence-electron chi connectivity index (χ3n) is 2.30. The molecule has 1 unspecified atom stereocenters. The summed E-state index contributed by atoms with van der Waals surface area (Å²) in [5, 5.41) is 1.73. The fourth-order valence-electron chi connectivity index (χ4n) is 1.42. The lowest BCUT2D eigenvalue weighted by molar-refractivity contribution is 0.488. The lowest BCUT2D eigenvalue weighted by Crippen LogP contribution is -2.06. The summed E-state index contributed by atoms with van der Waals surface area (Å²) in [6.45, 7) is 2.03. The molecule has 0 aliphatic carbocycles. The third-order valence-corrected chi connectivity index (χ3v) is 2.54. The average molecular weight is 210 g/mol. The van der Waals surface area contributed by atoms with Crippen LogP contribution in [0.1, 0.15) is 25.1 Å². The number of nitrogens with two attached hydrogens (primary N) is 1. The zero-order valence-electron chi connectivity index (χ0n) is 7.96. The Balaban J connectivity index is 2.51. The first kappa shape index (κ1) is 9.56. The van der Waals surface area contributed by atoms with Crippen molar-refractivity contribution in [3.8, 4) is 0 Å². The third kappa shape index (κ3) is 1.63. The van der Waals surface area contributed by atoms with Crippen molar-refractivity contribution >= 4 is 22.6 Å². The molecule has 74 valence electrons. The van der Waals surface area contributed by atoms with Gasteiger partial charge in [0.15, 0.2) is 0 Å². The molecule has 1 aromatic heterocycles. The van der Waals surface area contributed by atoms with E-state index >= 15 is 0 Å². The van der Waals surface area contributed by atoms with E-state index in [4.69, 9.17) is 21.8 Å². The Morgan fingerprint density at radius 2 is 2.21 bits per heavy atom. The van der Waals surface area contributed by atoms with Gasteiger partial charge in [-0.05, 0) is 30.7 Å². The second-order valence-corrected chi connectivity index (χ2v) is 3.78. The number of benzene rings is 1. The van der Waals surface area contributed by atoms with Crippen LogP contribution in [-0.4, -0.2) is 0 Å². The van der Waals surface area contributed by atoms with Gasteiger partial charge in [0, 0.05) is 10.4 Å². The van der Waals surface area contributed by atoms with Crippen LogP contribution in [0.3, 0.4) is 0 Å². The van der Waals surface area contributed by atoms with Crippen LogP contribution < -0.4 is 5.73 Å². The highest BCUT2D eigenvalue weighted by atomic mass is 35.5. The number of rotatable bonds is 2. The van der Waals surface area contributed by atoms with E-state index in [0.29, 0.717) is 0 Å². The van der Waals surface area contributed by atoms with Gasteiger partial charge >= 0.3 is 0 Å². The summed E-state index contributed by atoms with van der Waals surface area (Å²) in [4.78, 5) is 0. The minimum atomic E-state index is -0.0267. The van der Waals surface area contributed by atoms with Crippen LogP contribution in [0.5, 0.6) is 0 Å². The summed E-state index contributed by atoms with van der Waals surface area (Å²) in [5.41, 5.74) is 6.71. The maximum atomic E-state index is 5.87. The lowest BCUT2D eigenvalue weighted by Gasteiger charge is -2.02. The Morgan fingerprint density at radius 1 is 1.43 bits per heavy atom. The van der Waals surface area contributed by atoms with Gasteiger partial charge in [0.25, 0.3) is 0 Å². The van der Waals surface area contributed by atoms with Crippen molar-refractivity contribution in [1.82, 2.24) is 0 Å². The highest BCUT2D eigenvalue weighted by Gasteiger charge is 2.09. The first-order chi connectivity index (χ1) is 6.70. The summed E-state index contributed by atoms with van der Waals surface area (Å²) in [5.74, 6) is 0.824. The van der Waals surface area contributed by atoms with E-state index in [2.05, 4.69) is 0 Å². The van der Waals surface area contributed by atoms with Crippen molar-refractivity contribution < 1.29 is 4.42 Å². The molecule has 0 spiro atoms. The topological polar surface area (TPSA) is 39.2 Å². The SMILES string of the molecule is CCC(N)c1cc2cc(Cl)ccc2o1. The molecule has 0 saturated heterocycles. The Morgan fingerprint density at radius 3 is 2.93 bits per heavy atom. The molecule has 0 aliphatic heterocycles. The molecule has 14 heavy (non-hydrogen) atoms. The number of halogens is 1. The highest BCUT2D eigenvalue weighted by molar-refractivity contribution is 6.31. The molecule has 2 nitrogen and oxygen atoms in total. The molecular formula is C11H12ClNO. The monoisotopic (exact) mass is 209 g/mol. The summed E-state index contributed by atoms with van der Waals surface area (Å²) < 4.78 is 5.59. The molecule has 1 atom stereocenters. The zero-order valence-corrected chi connectivity index (χ0v) is 8.71. The Bertz CT molecular complexity index is 449. The van der Waals surface area contributed by atoms with Crippen LogP contribution >= 0.6 is 11.6 Å². The molecule has 2 N–H and O–H groups in total. The van der Waals surface area contributed by atoms with Crippen LogP contribution in [0, 0.1) is 0 Å². The van der Waals surface area contributed by atoms with E-state index in [0.717, 1.165) is 28.2 Å². The molecule has 3 heteroatoms. The quantitative estimate of drug-likeness (QED) is 0.822. The van der Waals surface area contributed by atoms with Crippen LogP contribution in [0.15, 0.2) is 28.7 Å². The van der Waals surface area contributed by atoms with Crippen molar-refractivity contribution in [3.63, 3.8) is 0 Å². The number of fused-ring (bicyclic) bond motifs is 1. The molecule has 0 aliphatic rings. The van der Waals surface area contributed by atoms with Gasteiger partial charge in [0.2, 0.25) is 0 Å². The first-order valence-electron chi connectivity index (χ1n) is 4.65. The van der Waals surface area contributed by atoms with Gasteiger partial charge in [0.1, 0.15) is 11.3 Å². The summed E-state index contributed by atoms with van der Waals surface area (Å²) in [6.07, 6.45) is 0.869. The standard InChI is InChI=1S/C11H12ClNO/c1-2-9(13)11-6-7-5-8(12)3-4-10(7)14-11/h3-6,9H,2,13H2,1H3. The zero-order chi connectivity index (χ0) is 10.1.